The molecule has 0 aliphatic heterocycles. The van der Waals surface area contributed by atoms with Gasteiger partial charge in [-0.15, -0.1) is 0 Å². The number of rotatable bonds is 7. The van der Waals surface area contributed by atoms with Gasteiger partial charge in [-0.25, -0.2) is 9.63 Å². The van der Waals surface area contributed by atoms with Crippen molar-refractivity contribution in [3.63, 3.8) is 0 Å². The van der Waals surface area contributed by atoms with E-state index in [-0.39, 0.29) is 21.8 Å². The number of nitro groups is 1. The molecule has 10 heteroatoms. The highest BCUT2D eigenvalue weighted by Crippen LogP contribution is 2.28. The van der Waals surface area contributed by atoms with E-state index in [0.29, 0.717) is 0 Å². The van der Waals surface area contributed by atoms with Gasteiger partial charge in [-0.1, -0.05) is 35.9 Å². The highest BCUT2D eigenvalue weighted by Gasteiger charge is 2.19. The highest BCUT2D eigenvalue weighted by molar-refractivity contribution is 7.89. The number of benzene rings is 3. The van der Waals surface area contributed by atoms with Crippen LogP contribution in [0.4, 0.5) is 5.69 Å². The molecule has 0 unspecified atom stereocenters. The van der Waals surface area contributed by atoms with Crippen molar-refractivity contribution in [3.8, 4) is 5.75 Å². The first-order chi connectivity index (χ1) is 14.8. The van der Waals surface area contributed by atoms with E-state index >= 15 is 0 Å². The normalized spacial score (nSPS) is 11.3. The molecule has 0 amide bonds. The third kappa shape index (κ3) is 5.52. The number of carbonyl (C=O) groups is 1. The SMILES string of the molecule is Cc1ccc(S(=O)(=O)NN=Cc2ccc(OC(=O)c3ccccc3)c([N+](=O)[O-])c2)cc1. The zero-order chi connectivity index (χ0) is 22.4. The predicted molar refractivity (Wildman–Crippen MR) is 114 cm³/mol. The summed E-state index contributed by atoms with van der Waals surface area (Å²) in [6.07, 6.45) is 1.11. The van der Waals surface area contributed by atoms with Crippen molar-refractivity contribution in [2.24, 2.45) is 5.10 Å². The van der Waals surface area contributed by atoms with Gasteiger partial charge in [0.25, 0.3) is 10.0 Å². The molecule has 158 valence electrons. The molecule has 9 nitrogen and oxygen atoms in total. The lowest BCUT2D eigenvalue weighted by Gasteiger charge is -2.06. The summed E-state index contributed by atoms with van der Waals surface area (Å²) in [6, 6.07) is 18.0. The van der Waals surface area contributed by atoms with E-state index in [1.165, 1.54) is 36.4 Å². The molecule has 31 heavy (non-hydrogen) atoms. The van der Waals surface area contributed by atoms with Crippen molar-refractivity contribution in [1.82, 2.24) is 4.83 Å². The monoisotopic (exact) mass is 439 g/mol. The molecule has 0 bridgehead atoms. The van der Waals surface area contributed by atoms with Crippen molar-refractivity contribution >= 4 is 27.9 Å². The number of nitro benzene ring substituents is 1. The zero-order valence-electron chi connectivity index (χ0n) is 16.3. The van der Waals surface area contributed by atoms with Crippen molar-refractivity contribution in [2.45, 2.75) is 11.8 Å². The Kier molecular flexibility index (Phi) is 6.41. The van der Waals surface area contributed by atoms with Crippen LogP contribution in [-0.2, 0) is 10.0 Å². The Labute approximate surface area is 178 Å². The fourth-order valence-electron chi connectivity index (χ4n) is 2.52. The minimum Gasteiger partial charge on any atom is -0.416 e. The number of carbonyl (C=O) groups excluding carboxylic acids is 1. The first-order valence-corrected chi connectivity index (χ1v) is 10.4. The molecule has 3 aromatic rings. The molecule has 0 aliphatic rings. The van der Waals surface area contributed by atoms with Gasteiger partial charge in [0.15, 0.2) is 0 Å². The standard InChI is InChI=1S/C21H17N3O6S/c1-15-7-10-18(11-8-15)31(28,29)23-22-14-16-9-12-20(19(13-16)24(26)27)30-21(25)17-5-3-2-4-6-17/h2-14,23H,1H3. The summed E-state index contributed by atoms with van der Waals surface area (Å²) in [6.45, 7) is 1.83. The first-order valence-electron chi connectivity index (χ1n) is 8.93. The number of esters is 1. The van der Waals surface area contributed by atoms with Crippen LogP contribution in [0.2, 0.25) is 0 Å². The van der Waals surface area contributed by atoms with E-state index in [0.717, 1.165) is 17.8 Å². The number of hydrogen-bond acceptors (Lipinski definition) is 7. The highest BCUT2D eigenvalue weighted by atomic mass is 32.2. The Bertz CT molecular complexity index is 1240. The van der Waals surface area contributed by atoms with Crippen LogP contribution in [0.1, 0.15) is 21.5 Å². The van der Waals surface area contributed by atoms with Crippen LogP contribution in [0, 0.1) is 17.0 Å². The van der Waals surface area contributed by atoms with Crippen LogP contribution >= 0.6 is 0 Å². The fraction of sp³-hybridized carbons (Fsp3) is 0.0476. The van der Waals surface area contributed by atoms with Gasteiger partial charge < -0.3 is 4.74 Å². The van der Waals surface area contributed by atoms with Crippen LogP contribution in [0.5, 0.6) is 5.75 Å². The van der Waals surface area contributed by atoms with Crippen LogP contribution in [0.15, 0.2) is 82.8 Å². The van der Waals surface area contributed by atoms with Crippen molar-refractivity contribution in [3.05, 3.63) is 99.6 Å². The second kappa shape index (κ2) is 9.18. The molecule has 0 radical (unpaired) electrons. The van der Waals surface area contributed by atoms with E-state index in [9.17, 15) is 23.3 Å². The van der Waals surface area contributed by atoms with Crippen LogP contribution < -0.4 is 9.57 Å². The minimum absolute atomic E-state index is 0.0319. The van der Waals surface area contributed by atoms with Crippen LogP contribution in [0.25, 0.3) is 0 Å². The van der Waals surface area contributed by atoms with Crippen LogP contribution in [0.3, 0.4) is 0 Å². The molecule has 0 fully saturated rings. The Morgan fingerprint density at radius 2 is 1.74 bits per heavy atom. The quantitative estimate of drug-likeness (QED) is 0.197. The number of aryl methyl sites for hydroxylation is 1. The average molecular weight is 439 g/mol. The van der Waals surface area contributed by atoms with E-state index in [4.69, 9.17) is 4.74 Å². The molecule has 3 aromatic carbocycles. The van der Waals surface area contributed by atoms with Gasteiger partial charge >= 0.3 is 11.7 Å². The Morgan fingerprint density at radius 3 is 2.39 bits per heavy atom. The van der Waals surface area contributed by atoms with Gasteiger partial charge in [-0.2, -0.15) is 13.5 Å². The van der Waals surface area contributed by atoms with E-state index < -0.39 is 26.6 Å². The number of sulfonamides is 1. The number of hydrogen-bond donors (Lipinski definition) is 1. The predicted octanol–water partition coefficient (Wildman–Crippen LogP) is 3.43. The van der Waals surface area contributed by atoms with E-state index in [2.05, 4.69) is 5.10 Å². The minimum atomic E-state index is -3.88. The van der Waals surface area contributed by atoms with Gasteiger partial charge in [0.2, 0.25) is 5.75 Å². The third-order valence-electron chi connectivity index (χ3n) is 4.11. The molecule has 1 N–H and O–H groups in total. The van der Waals surface area contributed by atoms with Crippen molar-refractivity contribution < 1.29 is 22.9 Å². The summed E-state index contributed by atoms with van der Waals surface area (Å²) in [5.74, 6) is -0.979. The molecule has 0 aromatic heterocycles. The van der Waals surface area contributed by atoms with E-state index in [1.54, 1.807) is 30.3 Å². The summed E-state index contributed by atoms with van der Waals surface area (Å²) in [4.78, 5) is 24.9. The lowest BCUT2D eigenvalue weighted by atomic mass is 10.2. The average Bonchev–Trinajstić information content (AvgIpc) is 2.75. The Hall–Kier alpha value is -4.05. The molecule has 3 rings (SSSR count). The number of nitrogens with one attached hydrogen (secondary N) is 1. The Balaban J connectivity index is 1.76. The molecule has 0 heterocycles. The smallest absolute Gasteiger partial charge is 0.343 e. The maximum absolute atomic E-state index is 12.2. The molecule has 0 aliphatic carbocycles. The van der Waals surface area contributed by atoms with Crippen LogP contribution in [-0.4, -0.2) is 25.5 Å². The largest absolute Gasteiger partial charge is 0.416 e. The zero-order valence-corrected chi connectivity index (χ0v) is 17.1. The lowest BCUT2D eigenvalue weighted by molar-refractivity contribution is -0.385. The number of ether oxygens (including phenoxy) is 1. The van der Waals surface area contributed by atoms with Gasteiger partial charge in [0.05, 0.1) is 21.6 Å². The summed E-state index contributed by atoms with van der Waals surface area (Å²) in [7, 11) is -3.88. The molecule has 0 atom stereocenters. The van der Waals surface area contributed by atoms with Gasteiger partial charge in [0.1, 0.15) is 0 Å². The summed E-state index contributed by atoms with van der Waals surface area (Å²) >= 11 is 0. The maximum Gasteiger partial charge on any atom is 0.343 e. The molecule has 0 spiro atoms. The summed E-state index contributed by atoms with van der Waals surface area (Å²) in [5.41, 5.74) is 0.920. The lowest BCUT2D eigenvalue weighted by Crippen LogP contribution is -2.18. The topological polar surface area (TPSA) is 128 Å². The molecular weight excluding hydrogens is 422 g/mol. The number of hydrazone groups is 1. The first kappa shape index (κ1) is 21.7. The van der Waals surface area contributed by atoms with E-state index in [1.807, 2.05) is 11.8 Å². The molecule has 0 saturated carbocycles. The summed E-state index contributed by atoms with van der Waals surface area (Å²) in [5, 5.41) is 15.1. The number of nitrogens with zero attached hydrogens (tertiary/aromatic N) is 2. The maximum atomic E-state index is 12.2. The van der Waals surface area contributed by atoms with Gasteiger partial charge in [-0.05, 0) is 43.3 Å². The molecular formula is C21H17N3O6S. The van der Waals surface area contributed by atoms with Gasteiger partial charge in [0, 0.05) is 11.6 Å². The fourth-order valence-corrected chi connectivity index (χ4v) is 3.31. The van der Waals surface area contributed by atoms with Gasteiger partial charge in [-0.3, -0.25) is 10.1 Å². The van der Waals surface area contributed by atoms with Crippen molar-refractivity contribution in [1.29, 1.82) is 0 Å². The van der Waals surface area contributed by atoms with Crippen molar-refractivity contribution in [2.75, 3.05) is 0 Å². The third-order valence-corrected chi connectivity index (χ3v) is 5.35. The molecule has 0 saturated heterocycles. The Morgan fingerprint density at radius 1 is 1.06 bits per heavy atom. The summed E-state index contributed by atoms with van der Waals surface area (Å²) < 4.78 is 29.6. The second-order valence-corrected chi connectivity index (χ2v) is 8.07. The second-order valence-electron chi connectivity index (χ2n) is 6.41.